The van der Waals surface area contributed by atoms with Crippen LogP contribution < -0.4 is 19.5 Å². The summed E-state index contributed by atoms with van der Waals surface area (Å²) in [6, 6.07) is 12.8. The number of benzene rings is 2. The molecule has 4 rings (SSSR count). The molecule has 2 aliphatic rings. The van der Waals surface area contributed by atoms with Gasteiger partial charge >= 0.3 is 0 Å². The Morgan fingerprint density at radius 2 is 1.81 bits per heavy atom. The van der Waals surface area contributed by atoms with Gasteiger partial charge < -0.3 is 19.5 Å². The topological polar surface area (TPSA) is 77.1 Å². The molecule has 2 aromatic rings. The highest BCUT2D eigenvalue weighted by molar-refractivity contribution is 5.98. The molecule has 0 unspecified atom stereocenters. The van der Waals surface area contributed by atoms with Gasteiger partial charge in [0.25, 0.3) is 0 Å². The minimum Gasteiger partial charge on any atom is -0.492 e. The fourth-order valence-electron chi connectivity index (χ4n) is 4.03. The third-order valence-corrected chi connectivity index (χ3v) is 5.61. The van der Waals surface area contributed by atoms with E-state index in [1.807, 2.05) is 37.3 Å². The predicted octanol–water partition coefficient (Wildman–Crippen LogP) is 3.39. The molecule has 1 N–H and O–H groups in total. The Labute approximate surface area is 182 Å². The van der Waals surface area contributed by atoms with Crippen LogP contribution >= 0.6 is 0 Å². The van der Waals surface area contributed by atoms with Crippen LogP contribution in [0, 0.1) is 5.92 Å². The molecule has 0 atom stereocenters. The van der Waals surface area contributed by atoms with E-state index < -0.39 is 0 Å². The summed E-state index contributed by atoms with van der Waals surface area (Å²) < 4.78 is 16.7. The van der Waals surface area contributed by atoms with Crippen LogP contribution in [0.5, 0.6) is 17.2 Å². The zero-order valence-corrected chi connectivity index (χ0v) is 17.8. The molecule has 0 aliphatic carbocycles. The van der Waals surface area contributed by atoms with Gasteiger partial charge in [0.05, 0.1) is 18.8 Å². The number of nitrogens with zero attached hydrogens (tertiary/aromatic N) is 1. The second-order valence-electron chi connectivity index (χ2n) is 7.75. The number of fused-ring (bicyclic) bond motifs is 1. The fraction of sp³-hybridized carbons (Fsp3) is 0.417. The van der Waals surface area contributed by atoms with Crippen molar-refractivity contribution in [3.05, 3.63) is 48.0 Å². The fourth-order valence-corrected chi connectivity index (χ4v) is 4.03. The second kappa shape index (κ2) is 9.83. The van der Waals surface area contributed by atoms with E-state index in [-0.39, 0.29) is 17.6 Å². The number of piperidine rings is 1. The van der Waals surface area contributed by atoms with Crippen molar-refractivity contribution in [1.82, 2.24) is 4.90 Å². The van der Waals surface area contributed by atoms with Gasteiger partial charge in [0, 0.05) is 11.5 Å². The molecule has 7 heteroatoms. The van der Waals surface area contributed by atoms with Crippen molar-refractivity contribution in [3.8, 4) is 17.2 Å². The van der Waals surface area contributed by atoms with Crippen molar-refractivity contribution in [2.75, 3.05) is 44.8 Å². The van der Waals surface area contributed by atoms with E-state index in [0.717, 1.165) is 12.8 Å². The van der Waals surface area contributed by atoms with Crippen LogP contribution in [0.15, 0.2) is 42.5 Å². The Kier molecular flexibility index (Phi) is 6.72. The van der Waals surface area contributed by atoms with E-state index in [4.69, 9.17) is 14.2 Å². The van der Waals surface area contributed by atoms with Gasteiger partial charge in [0.2, 0.25) is 5.91 Å². The number of likely N-dealkylation sites (tertiary alicyclic amines) is 1. The predicted molar refractivity (Wildman–Crippen MR) is 117 cm³/mol. The van der Waals surface area contributed by atoms with Crippen molar-refractivity contribution in [2.24, 2.45) is 5.92 Å². The molecule has 2 aromatic carbocycles. The lowest BCUT2D eigenvalue weighted by Crippen LogP contribution is -2.40. The molecule has 7 nitrogen and oxygen atoms in total. The van der Waals surface area contributed by atoms with Gasteiger partial charge in [-0.15, -0.1) is 0 Å². The lowest BCUT2D eigenvalue weighted by molar-refractivity contribution is -0.117. The molecule has 0 radical (unpaired) electrons. The van der Waals surface area contributed by atoms with Gasteiger partial charge in [0.15, 0.2) is 17.3 Å². The first-order valence-corrected chi connectivity index (χ1v) is 10.8. The maximum absolute atomic E-state index is 12.9. The Balaban J connectivity index is 1.29. The molecule has 0 spiro atoms. The van der Waals surface area contributed by atoms with E-state index in [1.165, 1.54) is 0 Å². The molecule has 2 heterocycles. The molecular formula is C24H28N2O5. The third kappa shape index (κ3) is 5.17. The number of ketones is 1. The molecule has 0 saturated carbocycles. The number of amides is 1. The highest BCUT2D eigenvalue weighted by Crippen LogP contribution is 2.32. The highest BCUT2D eigenvalue weighted by atomic mass is 16.6. The molecule has 1 amide bonds. The lowest BCUT2D eigenvalue weighted by Gasteiger charge is -2.31. The summed E-state index contributed by atoms with van der Waals surface area (Å²) in [7, 11) is 0. The Morgan fingerprint density at radius 3 is 2.58 bits per heavy atom. The number of ether oxygens (including phenoxy) is 3. The number of Topliss-reactive ketones (excluding diaryl/α,β-unsaturated/α-hetero) is 1. The summed E-state index contributed by atoms with van der Waals surface area (Å²) in [5, 5.41) is 2.93. The third-order valence-electron chi connectivity index (χ3n) is 5.61. The van der Waals surface area contributed by atoms with Crippen molar-refractivity contribution in [1.29, 1.82) is 0 Å². The van der Waals surface area contributed by atoms with Gasteiger partial charge in [-0.25, -0.2) is 0 Å². The van der Waals surface area contributed by atoms with Crippen molar-refractivity contribution in [3.63, 3.8) is 0 Å². The minimum absolute atomic E-state index is 0.0412. The highest BCUT2D eigenvalue weighted by Gasteiger charge is 2.27. The largest absolute Gasteiger partial charge is 0.492 e. The van der Waals surface area contributed by atoms with Crippen LogP contribution in [0.1, 0.15) is 30.1 Å². The van der Waals surface area contributed by atoms with Gasteiger partial charge in [0.1, 0.15) is 19.0 Å². The van der Waals surface area contributed by atoms with Crippen LogP contribution in [-0.2, 0) is 4.79 Å². The van der Waals surface area contributed by atoms with E-state index >= 15 is 0 Å². The number of nitrogens with one attached hydrogen (secondary N) is 1. The van der Waals surface area contributed by atoms with Crippen molar-refractivity contribution < 1.29 is 23.8 Å². The van der Waals surface area contributed by atoms with Gasteiger partial charge in [-0.2, -0.15) is 0 Å². The average Bonchev–Trinajstić information content (AvgIpc) is 2.80. The SMILES string of the molecule is CCOc1ccccc1NC(=O)CN1CCC(C(=O)c2ccc3c(c2)OCCO3)CC1. The van der Waals surface area contributed by atoms with Gasteiger partial charge in [-0.1, -0.05) is 12.1 Å². The monoisotopic (exact) mass is 424 g/mol. The smallest absolute Gasteiger partial charge is 0.238 e. The molecule has 164 valence electrons. The van der Waals surface area contributed by atoms with Crippen LogP contribution in [0.25, 0.3) is 0 Å². The second-order valence-corrected chi connectivity index (χ2v) is 7.75. The molecule has 1 saturated heterocycles. The average molecular weight is 424 g/mol. The number of hydrogen-bond donors (Lipinski definition) is 1. The van der Waals surface area contributed by atoms with Gasteiger partial charge in [-0.3, -0.25) is 14.5 Å². The maximum Gasteiger partial charge on any atom is 0.238 e. The minimum atomic E-state index is -0.0798. The number of para-hydroxylation sites is 2. The molecular weight excluding hydrogens is 396 g/mol. The number of carbonyl (C=O) groups is 2. The zero-order valence-electron chi connectivity index (χ0n) is 17.8. The molecule has 31 heavy (non-hydrogen) atoms. The van der Waals surface area contributed by atoms with Crippen molar-refractivity contribution >= 4 is 17.4 Å². The Hall–Kier alpha value is -3.06. The normalized spacial score (nSPS) is 16.5. The molecule has 2 aliphatic heterocycles. The first-order chi connectivity index (χ1) is 15.1. The first kappa shape index (κ1) is 21.2. The van der Waals surface area contributed by atoms with E-state index in [2.05, 4.69) is 10.2 Å². The summed E-state index contributed by atoms with van der Waals surface area (Å²) in [5.41, 5.74) is 1.34. The molecule has 0 bridgehead atoms. The van der Waals surface area contributed by atoms with E-state index in [0.29, 0.717) is 68.0 Å². The molecule has 0 aromatic heterocycles. The van der Waals surface area contributed by atoms with Crippen LogP contribution in [0.2, 0.25) is 0 Å². The number of rotatable bonds is 7. The van der Waals surface area contributed by atoms with Gasteiger partial charge in [-0.05, 0) is 63.2 Å². The van der Waals surface area contributed by atoms with Crippen LogP contribution in [0.3, 0.4) is 0 Å². The zero-order chi connectivity index (χ0) is 21.6. The van der Waals surface area contributed by atoms with E-state index in [1.54, 1.807) is 12.1 Å². The van der Waals surface area contributed by atoms with Crippen molar-refractivity contribution in [2.45, 2.75) is 19.8 Å². The quantitative estimate of drug-likeness (QED) is 0.687. The van der Waals surface area contributed by atoms with E-state index in [9.17, 15) is 9.59 Å². The maximum atomic E-state index is 12.9. The summed E-state index contributed by atoms with van der Waals surface area (Å²) >= 11 is 0. The standard InChI is InChI=1S/C24H28N2O5/c1-2-29-20-6-4-3-5-19(20)25-23(27)16-26-11-9-17(10-12-26)24(28)18-7-8-21-22(15-18)31-14-13-30-21/h3-8,15,17H,2,9-14,16H2,1H3,(H,25,27). The number of hydrogen-bond acceptors (Lipinski definition) is 6. The first-order valence-electron chi connectivity index (χ1n) is 10.8. The summed E-state index contributed by atoms with van der Waals surface area (Å²) in [4.78, 5) is 27.5. The summed E-state index contributed by atoms with van der Waals surface area (Å²) in [5.74, 6) is 2.01. The summed E-state index contributed by atoms with van der Waals surface area (Å²) in [6.07, 6.45) is 1.46. The Morgan fingerprint density at radius 1 is 1.06 bits per heavy atom. The number of carbonyl (C=O) groups excluding carboxylic acids is 2. The van der Waals surface area contributed by atoms with Crippen LogP contribution in [-0.4, -0.2) is 56.0 Å². The Bertz CT molecular complexity index is 937. The molecule has 1 fully saturated rings. The van der Waals surface area contributed by atoms with Crippen LogP contribution in [0.4, 0.5) is 5.69 Å². The number of anilines is 1. The summed E-state index contributed by atoms with van der Waals surface area (Å²) in [6.45, 7) is 5.20. The lowest BCUT2D eigenvalue weighted by atomic mass is 9.88.